The van der Waals surface area contributed by atoms with E-state index in [-0.39, 0.29) is 18.6 Å². The summed E-state index contributed by atoms with van der Waals surface area (Å²) < 4.78 is 5.97. The lowest BCUT2D eigenvalue weighted by Gasteiger charge is -2.20. The Bertz CT molecular complexity index is 760. The summed E-state index contributed by atoms with van der Waals surface area (Å²) in [4.78, 5) is 26.2. The van der Waals surface area contributed by atoms with E-state index in [4.69, 9.17) is 4.74 Å². The number of rotatable bonds is 4. The van der Waals surface area contributed by atoms with Crippen LogP contribution in [-0.2, 0) is 17.6 Å². The van der Waals surface area contributed by atoms with Crippen molar-refractivity contribution in [3.05, 3.63) is 69.7 Å². The standard InChI is InChI=1S/C19H18BrNO3/c1-2-13-8-15(11-16(20)9-13)18(22)21-17(12-24-19(21)23)10-14-6-4-3-5-7-14/h3-9,11,17H,2,10,12H2,1H3/t17-/m1/s1. The van der Waals surface area contributed by atoms with Gasteiger partial charge in [-0.1, -0.05) is 53.2 Å². The van der Waals surface area contributed by atoms with Crippen LogP contribution in [0.25, 0.3) is 0 Å². The zero-order valence-electron chi connectivity index (χ0n) is 13.4. The fourth-order valence-corrected chi connectivity index (χ4v) is 3.40. The van der Waals surface area contributed by atoms with Gasteiger partial charge in [0.2, 0.25) is 0 Å². The number of aryl methyl sites for hydroxylation is 1. The molecular weight excluding hydrogens is 370 g/mol. The molecule has 0 aliphatic carbocycles. The highest BCUT2D eigenvalue weighted by molar-refractivity contribution is 9.10. The van der Waals surface area contributed by atoms with Gasteiger partial charge in [-0.25, -0.2) is 9.69 Å². The van der Waals surface area contributed by atoms with Gasteiger partial charge in [-0.05, 0) is 42.2 Å². The summed E-state index contributed by atoms with van der Waals surface area (Å²) in [5.74, 6) is -0.311. The Kier molecular flexibility index (Phi) is 5.00. The largest absolute Gasteiger partial charge is 0.447 e. The van der Waals surface area contributed by atoms with Crippen molar-refractivity contribution in [2.75, 3.05) is 6.61 Å². The van der Waals surface area contributed by atoms with E-state index in [1.807, 2.05) is 49.4 Å². The first-order valence-electron chi connectivity index (χ1n) is 7.92. The second-order valence-electron chi connectivity index (χ2n) is 5.80. The van der Waals surface area contributed by atoms with Gasteiger partial charge in [0.25, 0.3) is 5.91 Å². The molecule has 1 saturated heterocycles. The number of hydrogen-bond donors (Lipinski definition) is 0. The average molecular weight is 388 g/mol. The summed E-state index contributed by atoms with van der Waals surface area (Å²) in [5.41, 5.74) is 2.61. The Balaban J connectivity index is 1.86. The van der Waals surface area contributed by atoms with Gasteiger partial charge in [-0.2, -0.15) is 0 Å². The lowest BCUT2D eigenvalue weighted by atomic mass is 10.0. The summed E-state index contributed by atoms with van der Waals surface area (Å²) in [6.07, 6.45) is 0.837. The summed E-state index contributed by atoms with van der Waals surface area (Å²) in [6.45, 7) is 2.26. The van der Waals surface area contributed by atoms with E-state index in [2.05, 4.69) is 15.9 Å². The van der Waals surface area contributed by atoms with Crippen molar-refractivity contribution in [3.8, 4) is 0 Å². The third kappa shape index (κ3) is 3.51. The maximum atomic E-state index is 12.9. The molecule has 5 heteroatoms. The van der Waals surface area contributed by atoms with Crippen LogP contribution in [0.15, 0.2) is 53.0 Å². The minimum atomic E-state index is -0.570. The maximum absolute atomic E-state index is 12.9. The van der Waals surface area contributed by atoms with Crippen LogP contribution in [0.5, 0.6) is 0 Å². The van der Waals surface area contributed by atoms with Crippen LogP contribution >= 0.6 is 15.9 Å². The maximum Gasteiger partial charge on any atom is 0.417 e. The number of halogens is 1. The van der Waals surface area contributed by atoms with E-state index in [0.29, 0.717) is 12.0 Å². The Hall–Kier alpha value is -2.14. The highest BCUT2D eigenvalue weighted by atomic mass is 79.9. The second kappa shape index (κ2) is 7.18. The van der Waals surface area contributed by atoms with Crippen molar-refractivity contribution in [1.82, 2.24) is 4.90 Å². The Morgan fingerprint density at radius 2 is 1.96 bits per heavy atom. The van der Waals surface area contributed by atoms with Gasteiger partial charge in [0, 0.05) is 10.0 Å². The second-order valence-corrected chi connectivity index (χ2v) is 6.71. The summed E-state index contributed by atoms with van der Waals surface area (Å²) in [6, 6.07) is 15.1. The number of ether oxygens (including phenoxy) is 1. The Morgan fingerprint density at radius 3 is 2.67 bits per heavy atom. The molecule has 0 unspecified atom stereocenters. The zero-order chi connectivity index (χ0) is 17.1. The first-order chi connectivity index (χ1) is 11.6. The molecule has 4 nitrogen and oxygen atoms in total. The van der Waals surface area contributed by atoms with Crippen LogP contribution in [-0.4, -0.2) is 29.5 Å². The van der Waals surface area contributed by atoms with Gasteiger partial charge >= 0.3 is 6.09 Å². The summed E-state index contributed by atoms with van der Waals surface area (Å²) in [5, 5.41) is 0. The van der Waals surface area contributed by atoms with Crippen LogP contribution < -0.4 is 0 Å². The molecule has 24 heavy (non-hydrogen) atoms. The van der Waals surface area contributed by atoms with Gasteiger partial charge in [0.1, 0.15) is 6.61 Å². The normalized spacial score (nSPS) is 17.0. The zero-order valence-corrected chi connectivity index (χ0v) is 15.0. The van der Waals surface area contributed by atoms with Gasteiger partial charge in [0.15, 0.2) is 0 Å². The van der Waals surface area contributed by atoms with Crippen molar-refractivity contribution >= 4 is 27.9 Å². The number of imide groups is 1. The minimum Gasteiger partial charge on any atom is -0.447 e. The molecule has 1 aliphatic heterocycles. The lowest BCUT2D eigenvalue weighted by molar-refractivity contribution is 0.0774. The molecule has 1 aliphatic rings. The van der Waals surface area contributed by atoms with Crippen LogP contribution in [0.3, 0.4) is 0 Å². The van der Waals surface area contributed by atoms with Crippen molar-refractivity contribution in [3.63, 3.8) is 0 Å². The molecular formula is C19H18BrNO3. The summed E-state index contributed by atoms with van der Waals surface area (Å²) >= 11 is 3.43. The molecule has 1 atom stereocenters. The monoisotopic (exact) mass is 387 g/mol. The molecule has 0 radical (unpaired) electrons. The predicted molar refractivity (Wildman–Crippen MR) is 95.0 cm³/mol. The Morgan fingerprint density at radius 1 is 1.21 bits per heavy atom. The first kappa shape index (κ1) is 16.7. The van der Waals surface area contributed by atoms with Gasteiger partial charge in [0.05, 0.1) is 6.04 Å². The topological polar surface area (TPSA) is 46.6 Å². The molecule has 0 saturated carbocycles. The molecule has 124 valence electrons. The Labute approximate surface area is 149 Å². The van der Waals surface area contributed by atoms with Crippen LogP contribution in [0, 0.1) is 0 Å². The predicted octanol–water partition coefficient (Wildman–Crippen LogP) is 4.22. The molecule has 2 aromatic rings. The fourth-order valence-electron chi connectivity index (χ4n) is 2.86. The third-order valence-corrected chi connectivity index (χ3v) is 4.56. The number of cyclic esters (lactones) is 1. The number of amides is 2. The lowest BCUT2D eigenvalue weighted by Crippen LogP contribution is -2.40. The van der Waals surface area contributed by atoms with Crippen LogP contribution in [0.1, 0.15) is 28.4 Å². The van der Waals surface area contributed by atoms with E-state index in [9.17, 15) is 9.59 Å². The molecule has 1 heterocycles. The SMILES string of the molecule is CCc1cc(Br)cc(C(=O)N2C(=O)OC[C@H]2Cc2ccccc2)c1. The van der Waals surface area contributed by atoms with Crippen molar-refractivity contribution in [2.24, 2.45) is 0 Å². The van der Waals surface area contributed by atoms with Gasteiger partial charge in [-0.15, -0.1) is 0 Å². The van der Waals surface area contributed by atoms with Crippen LogP contribution in [0.4, 0.5) is 4.79 Å². The smallest absolute Gasteiger partial charge is 0.417 e. The highest BCUT2D eigenvalue weighted by Gasteiger charge is 2.38. The van der Waals surface area contributed by atoms with E-state index >= 15 is 0 Å². The number of benzene rings is 2. The molecule has 0 bridgehead atoms. The van der Waals surface area contributed by atoms with E-state index in [1.54, 1.807) is 6.07 Å². The molecule has 3 rings (SSSR count). The van der Waals surface area contributed by atoms with Crippen LogP contribution in [0.2, 0.25) is 0 Å². The van der Waals surface area contributed by atoms with Crippen molar-refractivity contribution < 1.29 is 14.3 Å². The van der Waals surface area contributed by atoms with E-state index in [0.717, 1.165) is 22.0 Å². The van der Waals surface area contributed by atoms with E-state index in [1.165, 1.54) is 4.90 Å². The third-order valence-electron chi connectivity index (χ3n) is 4.11. The molecule has 1 fully saturated rings. The number of hydrogen-bond acceptors (Lipinski definition) is 3. The van der Waals surface area contributed by atoms with Crippen molar-refractivity contribution in [2.45, 2.75) is 25.8 Å². The molecule has 2 amide bonds. The minimum absolute atomic E-state index is 0.230. The number of carbonyl (C=O) groups is 2. The van der Waals surface area contributed by atoms with Gasteiger partial charge < -0.3 is 4.74 Å². The number of carbonyl (C=O) groups excluding carboxylic acids is 2. The molecule has 0 aromatic heterocycles. The average Bonchev–Trinajstić information content (AvgIpc) is 2.95. The quantitative estimate of drug-likeness (QED) is 0.788. The molecule has 2 aromatic carbocycles. The van der Waals surface area contributed by atoms with Gasteiger partial charge in [-0.3, -0.25) is 4.79 Å². The number of nitrogens with zero attached hydrogens (tertiary/aromatic N) is 1. The molecule has 0 N–H and O–H groups in total. The first-order valence-corrected chi connectivity index (χ1v) is 8.71. The highest BCUT2D eigenvalue weighted by Crippen LogP contribution is 2.23. The molecule has 0 spiro atoms. The van der Waals surface area contributed by atoms with E-state index < -0.39 is 6.09 Å². The summed E-state index contributed by atoms with van der Waals surface area (Å²) in [7, 11) is 0. The fraction of sp³-hybridized carbons (Fsp3) is 0.263. The van der Waals surface area contributed by atoms with Crippen molar-refractivity contribution in [1.29, 1.82) is 0 Å².